The van der Waals surface area contributed by atoms with Gasteiger partial charge < -0.3 is 0 Å². The molecule has 4 heteroatoms. The lowest BCUT2D eigenvalue weighted by Crippen LogP contribution is -1.97. The van der Waals surface area contributed by atoms with Crippen molar-refractivity contribution in [2.45, 2.75) is 6.54 Å². The van der Waals surface area contributed by atoms with Crippen LogP contribution in [0.5, 0.6) is 0 Å². The van der Waals surface area contributed by atoms with Crippen LogP contribution >= 0.6 is 24.2 Å². The summed E-state index contributed by atoms with van der Waals surface area (Å²) in [4.78, 5) is 6.42. The van der Waals surface area contributed by atoms with Crippen LogP contribution in [0.4, 0.5) is 0 Å². The van der Waals surface area contributed by atoms with Crippen LogP contribution in [0.2, 0.25) is 0 Å². The zero-order valence-electron chi connectivity index (χ0n) is 5.25. The quantitative estimate of drug-likeness (QED) is 0.699. The van der Waals surface area contributed by atoms with Gasteiger partial charge >= 0.3 is 0 Å². The Kier molecular flexibility index (Phi) is 5.30. The van der Waals surface area contributed by atoms with Crippen LogP contribution in [0, 0.1) is 0 Å². The van der Waals surface area contributed by atoms with Gasteiger partial charge in [0, 0.05) is 18.9 Å². The first-order valence-electron chi connectivity index (χ1n) is 2.66. The van der Waals surface area contributed by atoms with Crippen LogP contribution in [0.1, 0.15) is 5.56 Å². The number of nitrogens with zero attached hydrogens (tertiary/aromatic N) is 1. The highest BCUT2D eigenvalue weighted by molar-refractivity contribution is 6.13. The van der Waals surface area contributed by atoms with Gasteiger partial charge in [-0.15, -0.1) is 12.4 Å². The van der Waals surface area contributed by atoms with Gasteiger partial charge in [0.1, 0.15) is 0 Å². The maximum atomic E-state index is 5.26. The molecule has 1 rings (SSSR count). The minimum atomic E-state index is 0. The van der Waals surface area contributed by atoms with Gasteiger partial charge in [-0.05, 0) is 23.4 Å². The second kappa shape index (κ2) is 5.47. The SMILES string of the molecule is Cl.ClNCc1cccnc1. The summed E-state index contributed by atoms with van der Waals surface area (Å²) < 4.78 is 0. The third-order valence-electron chi connectivity index (χ3n) is 0.994. The molecule has 0 spiro atoms. The number of hydrogen-bond donors (Lipinski definition) is 1. The summed E-state index contributed by atoms with van der Waals surface area (Å²) in [5.74, 6) is 0. The first-order chi connectivity index (χ1) is 4.43. The smallest absolute Gasteiger partial charge is 0.0374 e. The van der Waals surface area contributed by atoms with E-state index in [1.807, 2.05) is 12.1 Å². The average molecular weight is 179 g/mol. The van der Waals surface area contributed by atoms with E-state index in [0.29, 0.717) is 6.54 Å². The van der Waals surface area contributed by atoms with Crippen molar-refractivity contribution in [2.75, 3.05) is 0 Å². The maximum Gasteiger partial charge on any atom is 0.0374 e. The Labute approximate surface area is 71.1 Å². The van der Waals surface area contributed by atoms with Gasteiger partial charge in [0.2, 0.25) is 0 Å². The molecule has 0 saturated carbocycles. The van der Waals surface area contributed by atoms with E-state index < -0.39 is 0 Å². The normalized spacial score (nSPS) is 8.50. The van der Waals surface area contributed by atoms with Crippen molar-refractivity contribution in [3.05, 3.63) is 30.1 Å². The van der Waals surface area contributed by atoms with Crippen molar-refractivity contribution in [3.63, 3.8) is 0 Å². The molecule has 0 atom stereocenters. The summed E-state index contributed by atoms with van der Waals surface area (Å²) in [7, 11) is 0. The Morgan fingerprint density at radius 1 is 1.60 bits per heavy atom. The van der Waals surface area contributed by atoms with Crippen LogP contribution in [0.25, 0.3) is 0 Å². The van der Waals surface area contributed by atoms with Crippen molar-refractivity contribution in [1.29, 1.82) is 0 Å². The minimum Gasteiger partial charge on any atom is -0.264 e. The van der Waals surface area contributed by atoms with E-state index in [1.165, 1.54) is 0 Å². The van der Waals surface area contributed by atoms with Gasteiger partial charge in [-0.2, -0.15) is 0 Å². The molecule has 56 valence electrons. The second-order valence-corrected chi connectivity index (χ2v) is 1.94. The molecule has 1 N–H and O–H groups in total. The average Bonchev–Trinajstić information content (AvgIpc) is 1.91. The first kappa shape index (κ1) is 9.69. The molecule has 0 saturated heterocycles. The van der Waals surface area contributed by atoms with Crippen LogP contribution in [-0.4, -0.2) is 4.98 Å². The van der Waals surface area contributed by atoms with E-state index in [9.17, 15) is 0 Å². The Morgan fingerprint density at radius 3 is 2.90 bits per heavy atom. The number of rotatable bonds is 2. The van der Waals surface area contributed by atoms with Crippen molar-refractivity contribution < 1.29 is 0 Å². The molecule has 0 aliphatic carbocycles. The summed E-state index contributed by atoms with van der Waals surface area (Å²) in [5, 5.41) is 0. The van der Waals surface area contributed by atoms with Crippen LogP contribution in [-0.2, 0) is 6.54 Å². The van der Waals surface area contributed by atoms with Crippen LogP contribution in [0.3, 0.4) is 0 Å². The van der Waals surface area contributed by atoms with Crippen molar-refractivity contribution >= 4 is 24.2 Å². The lowest BCUT2D eigenvalue weighted by atomic mass is 10.3. The molecule has 10 heavy (non-hydrogen) atoms. The number of halogens is 2. The Morgan fingerprint density at radius 2 is 2.40 bits per heavy atom. The highest BCUT2D eigenvalue weighted by Crippen LogP contribution is 1.93. The fraction of sp³-hybridized carbons (Fsp3) is 0.167. The minimum absolute atomic E-state index is 0. The zero-order valence-corrected chi connectivity index (χ0v) is 6.82. The predicted molar refractivity (Wildman–Crippen MR) is 44.2 cm³/mol. The molecule has 0 bridgehead atoms. The van der Waals surface area contributed by atoms with E-state index in [4.69, 9.17) is 11.8 Å². The summed E-state index contributed by atoms with van der Waals surface area (Å²) >= 11 is 5.26. The monoisotopic (exact) mass is 178 g/mol. The highest BCUT2D eigenvalue weighted by Gasteiger charge is 1.85. The van der Waals surface area contributed by atoms with Crippen molar-refractivity contribution in [1.82, 2.24) is 9.82 Å². The van der Waals surface area contributed by atoms with E-state index in [2.05, 4.69) is 9.82 Å². The molecule has 1 aromatic heterocycles. The van der Waals surface area contributed by atoms with Gasteiger partial charge in [-0.25, -0.2) is 4.84 Å². The lowest BCUT2D eigenvalue weighted by molar-refractivity contribution is 0.952. The van der Waals surface area contributed by atoms with Crippen LogP contribution in [0.15, 0.2) is 24.5 Å². The topological polar surface area (TPSA) is 24.9 Å². The predicted octanol–water partition coefficient (Wildman–Crippen LogP) is 1.75. The van der Waals surface area contributed by atoms with Gasteiger partial charge in [0.15, 0.2) is 0 Å². The molecule has 0 aromatic carbocycles. The number of nitrogens with one attached hydrogen (secondary N) is 1. The molecule has 1 heterocycles. The summed E-state index contributed by atoms with van der Waals surface area (Å²) in [5.41, 5.74) is 1.09. The number of aromatic nitrogens is 1. The molecule has 2 nitrogen and oxygen atoms in total. The fourth-order valence-electron chi connectivity index (χ4n) is 0.580. The van der Waals surface area contributed by atoms with Gasteiger partial charge in [-0.3, -0.25) is 4.98 Å². The number of hydrogen-bond acceptors (Lipinski definition) is 2. The summed E-state index contributed by atoms with van der Waals surface area (Å²) in [6.45, 7) is 0.662. The largest absolute Gasteiger partial charge is 0.264 e. The molecular weight excluding hydrogens is 171 g/mol. The highest BCUT2D eigenvalue weighted by atomic mass is 35.5. The first-order valence-corrected chi connectivity index (χ1v) is 3.03. The third kappa shape index (κ3) is 3.01. The Balaban J connectivity index is 0.000000810. The molecule has 0 aliphatic rings. The second-order valence-electron chi connectivity index (χ2n) is 1.67. The fourth-order valence-corrected chi connectivity index (χ4v) is 0.734. The molecule has 0 amide bonds. The van der Waals surface area contributed by atoms with E-state index in [-0.39, 0.29) is 12.4 Å². The van der Waals surface area contributed by atoms with Gasteiger partial charge in [0.25, 0.3) is 0 Å². The van der Waals surface area contributed by atoms with Crippen molar-refractivity contribution in [3.8, 4) is 0 Å². The summed E-state index contributed by atoms with van der Waals surface area (Å²) in [6, 6.07) is 3.84. The standard InChI is InChI=1S/C6H7ClN2.ClH/c7-9-5-6-2-1-3-8-4-6;/h1-4,9H,5H2;1H. The third-order valence-corrected chi connectivity index (χ3v) is 1.13. The van der Waals surface area contributed by atoms with Crippen LogP contribution < -0.4 is 4.84 Å². The Hall–Kier alpha value is -0.310. The van der Waals surface area contributed by atoms with E-state index >= 15 is 0 Å². The molecule has 0 aliphatic heterocycles. The van der Waals surface area contributed by atoms with Crippen molar-refractivity contribution in [2.24, 2.45) is 0 Å². The molecule has 0 unspecified atom stereocenters. The lowest BCUT2D eigenvalue weighted by Gasteiger charge is -1.93. The molecular formula is C6H8Cl2N2. The number of pyridine rings is 1. The molecule has 0 fully saturated rings. The zero-order chi connectivity index (χ0) is 6.53. The van der Waals surface area contributed by atoms with E-state index in [0.717, 1.165) is 5.56 Å². The Bertz CT molecular complexity index is 167. The molecule has 1 aromatic rings. The summed E-state index contributed by atoms with van der Waals surface area (Å²) in [6.07, 6.45) is 3.51. The van der Waals surface area contributed by atoms with Gasteiger partial charge in [0.05, 0.1) is 0 Å². The van der Waals surface area contributed by atoms with Gasteiger partial charge in [-0.1, -0.05) is 6.07 Å². The maximum absolute atomic E-state index is 5.26. The molecule has 0 radical (unpaired) electrons. The van der Waals surface area contributed by atoms with E-state index in [1.54, 1.807) is 12.4 Å².